The number of esters is 2. The molecule has 1 aliphatic rings. The van der Waals surface area contributed by atoms with E-state index in [1.807, 2.05) is 6.07 Å². The van der Waals surface area contributed by atoms with Crippen molar-refractivity contribution in [3.05, 3.63) is 16.7 Å². The number of phosphoric acid groups is 1. The van der Waals surface area contributed by atoms with E-state index < -0.39 is 68.3 Å². The van der Waals surface area contributed by atoms with Gasteiger partial charge in [0, 0.05) is 19.8 Å². The van der Waals surface area contributed by atoms with Crippen molar-refractivity contribution in [2.24, 2.45) is 5.92 Å². The van der Waals surface area contributed by atoms with Crippen LogP contribution in [0.4, 0.5) is 5.95 Å². The quantitative estimate of drug-likeness (QED) is 0.0967. The van der Waals surface area contributed by atoms with E-state index in [-0.39, 0.29) is 69.8 Å². The molecule has 1 saturated heterocycles. The van der Waals surface area contributed by atoms with Gasteiger partial charge < -0.3 is 28.8 Å². The molecule has 3 N–H and O–H groups in total. The van der Waals surface area contributed by atoms with Crippen molar-refractivity contribution in [1.29, 1.82) is 5.26 Å². The highest BCUT2D eigenvalue weighted by Crippen LogP contribution is 2.50. The molecule has 0 radical (unpaired) electrons. The van der Waals surface area contributed by atoms with Gasteiger partial charge in [0.1, 0.15) is 6.10 Å². The van der Waals surface area contributed by atoms with Crippen molar-refractivity contribution in [3.8, 4) is 6.07 Å². The Hall–Kier alpha value is -3.80. The number of anilines is 1. The number of aromatic nitrogens is 4. The minimum absolute atomic E-state index is 0.0382. The average molecular weight is 703 g/mol. The zero-order chi connectivity index (χ0) is 35.3. The van der Waals surface area contributed by atoms with Crippen LogP contribution in [0.5, 0.6) is 0 Å². The number of amides is 1. The number of fused-ring (bicyclic) bond motifs is 1. The Kier molecular flexibility index (Phi) is 15.0. The molecule has 1 fully saturated rings. The number of H-pyrrole nitrogens is 1. The van der Waals surface area contributed by atoms with Crippen LogP contribution < -0.4 is 10.9 Å². The number of nitrogens with zero attached hydrogens (tertiary/aromatic N) is 4. The second-order valence-electron chi connectivity index (χ2n) is 10.4. The van der Waals surface area contributed by atoms with Crippen molar-refractivity contribution in [2.75, 3.05) is 58.2 Å². The van der Waals surface area contributed by atoms with Gasteiger partial charge in [0.25, 0.3) is 5.56 Å². The predicted molar refractivity (Wildman–Crippen MR) is 161 cm³/mol. The van der Waals surface area contributed by atoms with E-state index in [1.54, 1.807) is 13.8 Å². The first-order chi connectivity index (χ1) is 22.9. The topological polar surface area (TPSA) is 262 Å². The Balaban J connectivity index is 1.86. The third kappa shape index (κ3) is 11.1. The first-order valence-electron chi connectivity index (χ1n) is 14.8. The summed E-state index contributed by atoms with van der Waals surface area (Å²) in [7, 11) is -4.37. The number of ether oxygens (including phenoxy) is 5. The second-order valence-corrected chi connectivity index (χ2v) is 12.0. The Bertz CT molecular complexity index is 1540. The molecule has 3 heterocycles. The van der Waals surface area contributed by atoms with Crippen LogP contribution in [0.2, 0.25) is 0 Å². The Labute approximate surface area is 274 Å². The Morgan fingerprint density at radius 3 is 2.35 bits per heavy atom. The lowest BCUT2D eigenvalue weighted by Gasteiger charge is -2.24. The molecule has 1 amide bonds. The summed E-state index contributed by atoms with van der Waals surface area (Å²) in [5.74, 6) is -2.59. The summed E-state index contributed by atoms with van der Waals surface area (Å²) in [6.07, 6.45) is -4.23. The van der Waals surface area contributed by atoms with Crippen molar-refractivity contribution >= 4 is 42.8 Å². The van der Waals surface area contributed by atoms with E-state index in [4.69, 9.17) is 47.6 Å². The van der Waals surface area contributed by atoms with E-state index in [0.29, 0.717) is 0 Å². The number of carbonyl (C=O) groups excluding carboxylic acids is 3. The highest BCUT2D eigenvalue weighted by Gasteiger charge is 2.51. The smallest absolute Gasteiger partial charge is 0.456 e. The number of nitrogens with one attached hydrogen (secondary N) is 2. The number of carbonyl (C=O) groups is 3. The minimum atomic E-state index is -4.37. The van der Waals surface area contributed by atoms with E-state index in [0.717, 1.165) is 13.8 Å². The molecule has 2 aromatic rings. The van der Waals surface area contributed by atoms with Crippen molar-refractivity contribution in [2.45, 2.75) is 58.7 Å². The molecule has 48 heavy (non-hydrogen) atoms. The van der Waals surface area contributed by atoms with Crippen LogP contribution in [-0.2, 0) is 56.2 Å². The fourth-order valence-corrected chi connectivity index (χ4v) is 5.39. The molecule has 1 unspecified atom stereocenters. The highest BCUT2D eigenvalue weighted by molar-refractivity contribution is 7.48. The van der Waals surface area contributed by atoms with Gasteiger partial charge in [0.2, 0.25) is 11.9 Å². The maximum Gasteiger partial charge on any atom is 0.474 e. The van der Waals surface area contributed by atoms with Crippen LogP contribution in [0.3, 0.4) is 0 Å². The first kappa shape index (κ1) is 38.6. The lowest BCUT2D eigenvalue weighted by molar-refractivity contribution is -0.165. The molecule has 1 aliphatic heterocycles. The molecule has 0 aromatic carbocycles. The molecule has 0 saturated carbocycles. The van der Waals surface area contributed by atoms with Gasteiger partial charge in [-0.05, 0) is 0 Å². The number of hydrogen-bond donors (Lipinski definition) is 3. The fraction of sp³-hybridized carbons (Fsp3) is 0.667. The van der Waals surface area contributed by atoms with Crippen LogP contribution >= 0.6 is 7.82 Å². The summed E-state index contributed by atoms with van der Waals surface area (Å²) in [6.45, 7) is 4.72. The van der Waals surface area contributed by atoms with Crippen molar-refractivity contribution in [3.63, 3.8) is 0 Å². The molecule has 21 heteroatoms. The number of hydrogen-bond acceptors (Lipinski definition) is 17. The maximum absolute atomic E-state index is 13.5. The minimum Gasteiger partial charge on any atom is -0.456 e. The molecular formula is C27H39N6O14P. The van der Waals surface area contributed by atoms with Gasteiger partial charge in [0.15, 0.2) is 29.6 Å². The standard InChI is InChI=1S/C27H39N6O14P/c1-16(2)24(37)31-27-30-23-20(25(38)32-27)29-15-33(23)26-22(46-18(4)36)21(45-17(3)35)19(47-26)14-44-48(39,42-8-5-6-28)43-13-12-41-11-10-40-9-7-34/h15-16,19,21-22,26,34H,5,7-14H2,1-4H3,(H2,30,31,32,37,38)/t19-,21-,22-,26-,48?/m1/s1. The largest absolute Gasteiger partial charge is 0.474 e. The molecule has 3 rings (SSSR count). The predicted octanol–water partition coefficient (Wildman–Crippen LogP) is 0.572. The zero-order valence-corrected chi connectivity index (χ0v) is 27.7. The van der Waals surface area contributed by atoms with Gasteiger partial charge in [-0.15, -0.1) is 0 Å². The summed E-state index contributed by atoms with van der Waals surface area (Å²) < 4.78 is 58.3. The average Bonchev–Trinajstić information content (AvgIpc) is 3.58. The molecule has 20 nitrogen and oxygen atoms in total. The van der Waals surface area contributed by atoms with Gasteiger partial charge in [0.05, 0.1) is 71.7 Å². The first-order valence-corrected chi connectivity index (χ1v) is 16.3. The molecule has 266 valence electrons. The van der Waals surface area contributed by atoms with E-state index in [9.17, 15) is 23.7 Å². The zero-order valence-electron chi connectivity index (χ0n) is 26.8. The van der Waals surface area contributed by atoms with Gasteiger partial charge in [-0.25, -0.2) is 9.55 Å². The summed E-state index contributed by atoms with van der Waals surface area (Å²) in [6, 6.07) is 1.84. The maximum atomic E-state index is 13.5. The van der Waals surface area contributed by atoms with Crippen LogP contribution in [-0.4, -0.2) is 114 Å². The van der Waals surface area contributed by atoms with Crippen molar-refractivity contribution in [1.82, 2.24) is 19.5 Å². The monoisotopic (exact) mass is 702 g/mol. The molecule has 0 bridgehead atoms. The summed E-state index contributed by atoms with van der Waals surface area (Å²) >= 11 is 0. The van der Waals surface area contributed by atoms with E-state index in [1.165, 1.54) is 10.9 Å². The van der Waals surface area contributed by atoms with Crippen molar-refractivity contribution < 1.29 is 61.3 Å². The normalized spacial score (nSPS) is 20.4. The number of phosphoric ester groups is 1. The summed E-state index contributed by atoms with van der Waals surface area (Å²) in [5, 5.41) is 20.1. The second kappa shape index (κ2) is 18.7. The van der Waals surface area contributed by atoms with Gasteiger partial charge in [-0.2, -0.15) is 10.2 Å². The van der Waals surface area contributed by atoms with Crippen LogP contribution in [0.1, 0.15) is 40.3 Å². The van der Waals surface area contributed by atoms with Gasteiger partial charge in [-0.1, -0.05) is 13.8 Å². The molecule has 5 atom stereocenters. The number of nitriles is 1. The van der Waals surface area contributed by atoms with Gasteiger partial charge >= 0.3 is 19.8 Å². The molecule has 0 aliphatic carbocycles. The Morgan fingerprint density at radius 2 is 1.71 bits per heavy atom. The number of aromatic amines is 1. The number of rotatable bonds is 20. The highest BCUT2D eigenvalue weighted by atomic mass is 31.2. The SMILES string of the molecule is CC(=O)O[C@@H]1[C@H](OC(C)=O)[C@@H](COP(=O)(OCCC#N)OCCOCCOCCO)O[C@H]1n1cnc2c(=O)[nH]c(NC(=O)C(C)C)nc21. The number of aliphatic hydroxyl groups excluding tert-OH is 1. The van der Waals surface area contributed by atoms with Crippen LogP contribution in [0.25, 0.3) is 11.2 Å². The third-order valence-electron chi connectivity index (χ3n) is 6.31. The summed E-state index contributed by atoms with van der Waals surface area (Å²) in [5.41, 5.74) is -0.901. The fourth-order valence-electron chi connectivity index (χ4n) is 4.22. The summed E-state index contributed by atoms with van der Waals surface area (Å²) in [4.78, 5) is 60.2. The molecular weight excluding hydrogens is 663 g/mol. The van der Waals surface area contributed by atoms with E-state index in [2.05, 4.69) is 20.3 Å². The number of aliphatic hydroxyl groups is 1. The lowest BCUT2D eigenvalue weighted by Crippen LogP contribution is -2.40. The lowest BCUT2D eigenvalue weighted by atomic mass is 10.1. The third-order valence-corrected chi connectivity index (χ3v) is 7.77. The number of imidazole rings is 1. The van der Waals surface area contributed by atoms with E-state index >= 15 is 0 Å². The Morgan fingerprint density at radius 1 is 1.06 bits per heavy atom. The molecule has 2 aromatic heterocycles. The van der Waals surface area contributed by atoms with Crippen LogP contribution in [0.15, 0.2) is 11.1 Å². The van der Waals surface area contributed by atoms with Crippen LogP contribution in [0, 0.1) is 17.2 Å². The van der Waals surface area contributed by atoms with Gasteiger partial charge in [-0.3, -0.25) is 47.6 Å². The molecule has 0 spiro atoms.